The summed E-state index contributed by atoms with van der Waals surface area (Å²) in [4.78, 5) is 0. The lowest BCUT2D eigenvalue weighted by atomic mass is 10.1. The van der Waals surface area contributed by atoms with E-state index in [1.165, 1.54) is 12.1 Å². The Morgan fingerprint density at radius 1 is 0.833 bits per heavy atom. The smallest absolute Gasteiger partial charge is 0.126 e. The maximum Gasteiger partial charge on any atom is 0.126 e. The average Bonchev–Trinajstić information content (AvgIpc) is 2.36. The second kappa shape index (κ2) is 5.45. The molecular formula is C15H12F2O. The summed E-state index contributed by atoms with van der Waals surface area (Å²) in [6.07, 6.45) is 3.45. The Bertz CT molecular complexity index is 539. The molecule has 0 saturated carbocycles. The van der Waals surface area contributed by atoms with Crippen molar-refractivity contribution in [1.29, 1.82) is 0 Å². The van der Waals surface area contributed by atoms with E-state index < -0.39 is 11.6 Å². The number of rotatable bonds is 3. The van der Waals surface area contributed by atoms with Gasteiger partial charge in [0.05, 0.1) is 7.11 Å². The lowest BCUT2D eigenvalue weighted by Gasteiger charge is -1.99. The monoisotopic (exact) mass is 246 g/mol. The molecule has 0 heterocycles. The highest BCUT2D eigenvalue weighted by Crippen LogP contribution is 2.15. The molecule has 0 N–H and O–H groups in total. The van der Waals surface area contributed by atoms with Crippen LogP contribution in [0.15, 0.2) is 42.5 Å². The molecule has 0 aliphatic rings. The first kappa shape index (κ1) is 12.3. The van der Waals surface area contributed by atoms with Gasteiger partial charge in [-0.05, 0) is 35.4 Å². The minimum Gasteiger partial charge on any atom is -0.497 e. The predicted octanol–water partition coefficient (Wildman–Crippen LogP) is 4.14. The highest BCUT2D eigenvalue weighted by atomic mass is 19.1. The summed E-state index contributed by atoms with van der Waals surface area (Å²) in [7, 11) is 1.60. The number of benzene rings is 2. The van der Waals surface area contributed by atoms with Crippen LogP contribution in [0.1, 0.15) is 11.1 Å². The van der Waals surface area contributed by atoms with Gasteiger partial charge in [0.25, 0.3) is 0 Å². The molecule has 2 aromatic rings. The van der Waals surface area contributed by atoms with Crippen LogP contribution in [0.3, 0.4) is 0 Å². The van der Waals surface area contributed by atoms with E-state index >= 15 is 0 Å². The van der Waals surface area contributed by atoms with Crippen molar-refractivity contribution in [2.45, 2.75) is 0 Å². The first-order valence-corrected chi connectivity index (χ1v) is 5.45. The molecule has 0 aliphatic heterocycles. The molecule has 92 valence electrons. The first-order valence-electron chi connectivity index (χ1n) is 5.45. The topological polar surface area (TPSA) is 9.23 Å². The van der Waals surface area contributed by atoms with Crippen molar-refractivity contribution in [2.24, 2.45) is 0 Å². The molecule has 3 heteroatoms. The van der Waals surface area contributed by atoms with Crippen LogP contribution in [0.2, 0.25) is 0 Å². The summed E-state index contributed by atoms with van der Waals surface area (Å²) < 4.78 is 31.0. The van der Waals surface area contributed by atoms with Crippen molar-refractivity contribution < 1.29 is 13.5 Å². The van der Waals surface area contributed by atoms with Crippen molar-refractivity contribution >= 4 is 12.2 Å². The molecule has 0 atom stereocenters. The van der Waals surface area contributed by atoms with Crippen LogP contribution in [0, 0.1) is 11.6 Å². The van der Waals surface area contributed by atoms with Crippen molar-refractivity contribution in [3.05, 3.63) is 65.2 Å². The van der Waals surface area contributed by atoms with Crippen molar-refractivity contribution in [3.8, 4) is 5.75 Å². The third kappa shape index (κ3) is 3.17. The highest BCUT2D eigenvalue weighted by molar-refractivity contribution is 5.69. The second-order valence-electron chi connectivity index (χ2n) is 3.81. The minimum atomic E-state index is -0.579. The lowest BCUT2D eigenvalue weighted by Crippen LogP contribution is -1.82. The van der Waals surface area contributed by atoms with E-state index in [0.717, 1.165) is 17.4 Å². The second-order valence-corrected chi connectivity index (χ2v) is 3.81. The summed E-state index contributed by atoms with van der Waals surface area (Å²) in [5.41, 5.74) is 1.42. The molecule has 0 bridgehead atoms. The van der Waals surface area contributed by atoms with E-state index in [1.807, 2.05) is 24.3 Å². The molecule has 0 aromatic heterocycles. The minimum absolute atomic E-state index is 0.489. The van der Waals surface area contributed by atoms with Gasteiger partial charge >= 0.3 is 0 Å². The maximum atomic E-state index is 13.0. The molecule has 0 aliphatic carbocycles. The van der Waals surface area contributed by atoms with Gasteiger partial charge in [-0.25, -0.2) is 8.78 Å². The zero-order valence-electron chi connectivity index (χ0n) is 9.86. The van der Waals surface area contributed by atoms with Crippen LogP contribution >= 0.6 is 0 Å². The quantitative estimate of drug-likeness (QED) is 0.739. The first-order chi connectivity index (χ1) is 8.67. The molecule has 18 heavy (non-hydrogen) atoms. The van der Waals surface area contributed by atoms with Gasteiger partial charge in [0.15, 0.2) is 0 Å². The molecular weight excluding hydrogens is 234 g/mol. The molecule has 1 nitrogen and oxygen atoms in total. The zero-order valence-corrected chi connectivity index (χ0v) is 9.86. The van der Waals surface area contributed by atoms with Crippen LogP contribution in [0.25, 0.3) is 12.2 Å². The number of halogens is 2. The van der Waals surface area contributed by atoms with Crippen LogP contribution in [-0.4, -0.2) is 7.11 Å². The Labute approximate surface area is 104 Å². The Morgan fingerprint density at radius 2 is 1.39 bits per heavy atom. The van der Waals surface area contributed by atoms with E-state index in [1.54, 1.807) is 19.3 Å². The standard InChI is InChI=1S/C15H12F2O/c1-18-15-6-4-11(5-7-15)2-3-12-8-13(16)10-14(17)9-12/h2-10H,1H3. The van der Waals surface area contributed by atoms with Crippen LogP contribution in [-0.2, 0) is 0 Å². The van der Waals surface area contributed by atoms with E-state index in [9.17, 15) is 8.78 Å². The Morgan fingerprint density at radius 3 is 1.94 bits per heavy atom. The fourth-order valence-corrected chi connectivity index (χ4v) is 1.58. The van der Waals surface area contributed by atoms with Gasteiger partial charge in [-0.1, -0.05) is 24.3 Å². The number of hydrogen-bond donors (Lipinski definition) is 0. The van der Waals surface area contributed by atoms with Crippen LogP contribution < -0.4 is 4.74 Å². The average molecular weight is 246 g/mol. The van der Waals surface area contributed by atoms with E-state index in [4.69, 9.17) is 4.74 Å². The van der Waals surface area contributed by atoms with Crippen molar-refractivity contribution in [2.75, 3.05) is 7.11 Å². The largest absolute Gasteiger partial charge is 0.497 e. The van der Waals surface area contributed by atoms with Gasteiger partial charge in [0.1, 0.15) is 17.4 Å². The molecule has 0 spiro atoms. The van der Waals surface area contributed by atoms with Gasteiger partial charge in [0.2, 0.25) is 0 Å². The third-order valence-corrected chi connectivity index (χ3v) is 2.47. The molecule has 0 radical (unpaired) electrons. The van der Waals surface area contributed by atoms with Crippen LogP contribution in [0.5, 0.6) is 5.75 Å². The van der Waals surface area contributed by atoms with E-state index in [0.29, 0.717) is 5.56 Å². The lowest BCUT2D eigenvalue weighted by molar-refractivity contribution is 0.415. The Hall–Kier alpha value is -2.16. The fourth-order valence-electron chi connectivity index (χ4n) is 1.58. The maximum absolute atomic E-state index is 13.0. The number of hydrogen-bond acceptors (Lipinski definition) is 1. The van der Waals surface area contributed by atoms with Crippen molar-refractivity contribution in [1.82, 2.24) is 0 Å². The van der Waals surface area contributed by atoms with Crippen LogP contribution in [0.4, 0.5) is 8.78 Å². The molecule has 0 unspecified atom stereocenters. The SMILES string of the molecule is COc1ccc(C=Cc2cc(F)cc(F)c2)cc1. The third-order valence-electron chi connectivity index (χ3n) is 2.47. The van der Waals surface area contributed by atoms with Crippen molar-refractivity contribution in [3.63, 3.8) is 0 Å². The summed E-state index contributed by atoms with van der Waals surface area (Å²) >= 11 is 0. The molecule has 0 fully saturated rings. The van der Waals surface area contributed by atoms with Gasteiger partial charge < -0.3 is 4.74 Å². The van der Waals surface area contributed by atoms with Gasteiger partial charge in [-0.15, -0.1) is 0 Å². The Kier molecular flexibility index (Phi) is 3.72. The normalized spacial score (nSPS) is 10.8. The fraction of sp³-hybridized carbons (Fsp3) is 0.0667. The Balaban J connectivity index is 2.18. The molecule has 2 rings (SSSR count). The molecule has 2 aromatic carbocycles. The summed E-state index contributed by atoms with van der Waals surface area (Å²) in [6.45, 7) is 0. The molecule has 0 saturated heterocycles. The number of ether oxygens (including phenoxy) is 1. The van der Waals surface area contributed by atoms with E-state index in [-0.39, 0.29) is 0 Å². The summed E-state index contributed by atoms with van der Waals surface area (Å²) in [5, 5.41) is 0. The highest BCUT2D eigenvalue weighted by Gasteiger charge is 1.97. The van der Waals surface area contributed by atoms with E-state index in [2.05, 4.69) is 0 Å². The molecule has 0 amide bonds. The predicted molar refractivity (Wildman–Crippen MR) is 68.3 cm³/mol. The zero-order chi connectivity index (χ0) is 13.0. The van der Waals surface area contributed by atoms with Gasteiger partial charge in [-0.2, -0.15) is 0 Å². The van der Waals surface area contributed by atoms with Gasteiger partial charge in [-0.3, -0.25) is 0 Å². The van der Waals surface area contributed by atoms with Gasteiger partial charge in [0, 0.05) is 6.07 Å². The summed E-state index contributed by atoms with van der Waals surface area (Å²) in [5.74, 6) is -0.391. The summed E-state index contributed by atoms with van der Waals surface area (Å²) in [6, 6.07) is 10.8. The number of methoxy groups -OCH3 is 1.